The number of rotatable bonds is 5. The summed E-state index contributed by atoms with van der Waals surface area (Å²) in [4.78, 5) is 13.2. The van der Waals surface area contributed by atoms with E-state index in [1.165, 1.54) is 12.8 Å². The zero-order chi connectivity index (χ0) is 12.4. The summed E-state index contributed by atoms with van der Waals surface area (Å²) >= 11 is 0. The molecule has 1 aromatic rings. The van der Waals surface area contributed by atoms with Crippen molar-refractivity contribution in [3.63, 3.8) is 0 Å². The first kappa shape index (κ1) is 11.7. The summed E-state index contributed by atoms with van der Waals surface area (Å²) in [6.45, 7) is 6.42. The second kappa shape index (κ2) is 4.62. The van der Waals surface area contributed by atoms with Gasteiger partial charge in [0.1, 0.15) is 0 Å². The molecule has 3 nitrogen and oxygen atoms in total. The summed E-state index contributed by atoms with van der Waals surface area (Å²) in [6.07, 6.45) is 4.32. The highest BCUT2D eigenvalue weighted by Crippen LogP contribution is 2.32. The van der Waals surface area contributed by atoms with Crippen LogP contribution in [0.1, 0.15) is 28.8 Å². The third-order valence-corrected chi connectivity index (χ3v) is 3.09. The van der Waals surface area contributed by atoms with E-state index in [2.05, 4.69) is 11.5 Å². The van der Waals surface area contributed by atoms with Gasteiger partial charge in [0.05, 0.1) is 5.56 Å². The number of carbonyl (C=O) groups is 1. The van der Waals surface area contributed by atoms with E-state index < -0.39 is 5.97 Å². The highest BCUT2D eigenvalue weighted by molar-refractivity contribution is 5.89. The minimum Gasteiger partial charge on any atom is -0.478 e. The highest BCUT2D eigenvalue weighted by Gasteiger charge is 2.28. The minimum absolute atomic E-state index is 0.378. The van der Waals surface area contributed by atoms with Crippen molar-refractivity contribution in [2.75, 3.05) is 11.4 Å². The normalized spacial score (nSPS) is 14.4. The highest BCUT2D eigenvalue weighted by atomic mass is 16.4. The Morgan fingerprint density at radius 2 is 2.29 bits per heavy atom. The predicted octanol–water partition coefficient (Wildman–Crippen LogP) is 2.85. The average Bonchev–Trinajstić information content (AvgIpc) is 3.09. The maximum Gasteiger partial charge on any atom is 0.335 e. The first-order chi connectivity index (χ1) is 8.13. The van der Waals surface area contributed by atoms with Crippen molar-refractivity contribution < 1.29 is 9.90 Å². The van der Waals surface area contributed by atoms with Crippen LogP contribution in [0.15, 0.2) is 30.9 Å². The Hall–Kier alpha value is -1.77. The average molecular weight is 231 g/mol. The van der Waals surface area contributed by atoms with Crippen molar-refractivity contribution in [2.45, 2.75) is 25.8 Å². The molecule has 0 aromatic heterocycles. The second-order valence-corrected chi connectivity index (χ2v) is 4.48. The van der Waals surface area contributed by atoms with Crippen molar-refractivity contribution in [3.05, 3.63) is 42.0 Å². The monoisotopic (exact) mass is 231 g/mol. The Kier molecular flexibility index (Phi) is 3.18. The van der Waals surface area contributed by atoms with Crippen LogP contribution in [0.2, 0.25) is 0 Å². The van der Waals surface area contributed by atoms with E-state index >= 15 is 0 Å². The Balaban J connectivity index is 2.28. The number of anilines is 1. The van der Waals surface area contributed by atoms with Crippen LogP contribution in [-0.2, 0) is 0 Å². The van der Waals surface area contributed by atoms with E-state index in [0.717, 1.165) is 17.8 Å². The summed E-state index contributed by atoms with van der Waals surface area (Å²) in [6, 6.07) is 6.12. The smallest absolute Gasteiger partial charge is 0.335 e. The number of benzene rings is 1. The fraction of sp³-hybridized carbons (Fsp3) is 0.357. The Morgan fingerprint density at radius 1 is 1.59 bits per heavy atom. The Morgan fingerprint density at radius 3 is 2.76 bits per heavy atom. The summed E-state index contributed by atoms with van der Waals surface area (Å²) < 4.78 is 0. The SMILES string of the molecule is C=CCN(c1ccc(C(=O)O)c(C)c1)C1CC1. The molecule has 0 radical (unpaired) electrons. The number of nitrogens with zero attached hydrogens (tertiary/aromatic N) is 1. The van der Waals surface area contributed by atoms with Crippen LogP contribution in [0.3, 0.4) is 0 Å². The Bertz CT molecular complexity index is 450. The van der Waals surface area contributed by atoms with Gasteiger partial charge in [-0.1, -0.05) is 6.08 Å². The molecule has 17 heavy (non-hydrogen) atoms. The van der Waals surface area contributed by atoms with E-state index in [1.807, 2.05) is 25.1 Å². The molecule has 1 fully saturated rings. The molecule has 1 saturated carbocycles. The molecule has 1 aliphatic rings. The Labute approximate surface area is 101 Å². The third-order valence-electron chi connectivity index (χ3n) is 3.09. The number of carboxylic acid groups (broad SMARTS) is 1. The first-order valence-corrected chi connectivity index (χ1v) is 5.85. The lowest BCUT2D eigenvalue weighted by atomic mass is 10.1. The molecule has 0 aliphatic heterocycles. The summed E-state index contributed by atoms with van der Waals surface area (Å²) in [5.41, 5.74) is 2.28. The molecule has 0 bridgehead atoms. The molecule has 1 aromatic carbocycles. The summed E-state index contributed by atoms with van der Waals surface area (Å²) in [7, 11) is 0. The topological polar surface area (TPSA) is 40.5 Å². The molecule has 0 atom stereocenters. The van der Waals surface area contributed by atoms with Gasteiger partial charge in [-0.15, -0.1) is 6.58 Å². The van der Waals surface area contributed by atoms with Gasteiger partial charge in [0, 0.05) is 18.3 Å². The molecule has 1 aliphatic carbocycles. The molecule has 90 valence electrons. The van der Waals surface area contributed by atoms with Gasteiger partial charge < -0.3 is 10.0 Å². The van der Waals surface area contributed by atoms with Gasteiger partial charge >= 0.3 is 5.97 Å². The molecule has 0 heterocycles. The lowest BCUT2D eigenvalue weighted by Gasteiger charge is -2.23. The van der Waals surface area contributed by atoms with Crippen LogP contribution in [-0.4, -0.2) is 23.7 Å². The van der Waals surface area contributed by atoms with Crippen LogP contribution in [0, 0.1) is 6.92 Å². The number of aryl methyl sites for hydroxylation is 1. The largest absolute Gasteiger partial charge is 0.478 e. The fourth-order valence-electron chi connectivity index (χ4n) is 2.06. The van der Waals surface area contributed by atoms with Crippen molar-refractivity contribution in [1.82, 2.24) is 0 Å². The van der Waals surface area contributed by atoms with Crippen LogP contribution >= 0.6 is 0 Å². The van der Waals surface area contributed by atoms with Gasteiger partial charge in [0.25, 0.3) is 0 Å². The molecule has 0 spiro atoms. The molecule has 0 saturated heterocycles. The standard InChI is InChI=1S/C14H17NO2/c1-3-8-15(11-4-5-11)12-6-7-13(14(16)17)10(2)9-12/h3,6-7,9,11H,1,4-5,8H2,2H3,(H,16,17). The van der Waals surface area contributed by atoms with E-state index in [4.69, 9.17) is 5.11 Å². The van der Waals surface area contributed by atoms with E-state index in [0.29, 0.717) is 11.6 Å². The summed E-state index contributed by atoms with van der Waals surface area (Å²) in [5, 5.41) is 8.99. The van der Waals surface area contributed by atoms with Gasteiger partial charge in [-0.25, -0.2) is 4.79 Å². The predicted molar refractivity (Wildman–Crippen MR) is 68.7 cm³/mol. The lowest BCUT2D eigenvalue weighted by molar-refractivity contribution is 0.0696. The van der Waals surface area contributed by atoms with E-state index in [9.17, 15) is 4.79 Å². The van der Waals surface area contributed by atoms with E-state index in [-0.39, 0.29) is 0 Å². The lowest BCUT2D eigenvalue weighted by Crippen LogP contribution is -2.25. The van der Waals surface area contributed by atoms with Crippen molar-refractivity contribution >= 4 is 11.7 Å². The van der Waals surface area contributed by atoms with Crippen molar-refractivity contribution in [1.29, 1.82) is 0 Å². The number of hydrogen-bond donors (Lipinski definition) is 1. The maximum atomic E-state index is 10.9. The quantitative estimate of drug-likeness (QED) is 0.792. The van der Waals surface area contributed by atoms with Crippen LogP contribution in [0.25, 0.3) is 0 Å². The molecule has 1 N–H and O–H groups in total. The van der Waals surface area contributed by atoms with Crippen LogP contribution < -0.4 is 4.90 Å². The minimum atomic E-state index is -0.865. The molecule has 0 unspecified atom stereocenters. The number of aromatic carboxylic acids is 1. The number of carboxylic acids is 1. The molecule has 2 rings (SSSR count). The molecule has 0 amide bonds. The van der Waals surface area contributed by atoms with Gasteiger partial charge in [-0.2, -0.15) is 0 Å². The fourth-order valence-corrected chi connectivity index (χ4v) is 2.06. The zero-order valence-corrected chi connectivity index (χ0v) is 10.0. The summed E-state index contributed by atoms with van der Waals surface area (Å²) in [5.74, 6) is -0.865. The third kappa shape index (κ3) is 2.49. The maximum absolute atomic E-state index is 10.9. The zero-order valence-electron chi connectivity index (χ0n) is 10.0. The molecule has 3 heteroatoms. The van der Waals surface area contributed by atoms with Gasteiger partial charge in [-0.05, 0) is 43.5 Å². The van der Waals surface area contributed by atoms with Crippen molar-refractivity contribution in [2.24, 2.45) is 0 Å². The van der Waals surface area contributed by atoms with Crippen LogP contribution in [0.4, 0.5) is 5.69 Å². The van der Waals surface area contributed by atoms with Crippen molar-refractivity contribution in [3.8, 4) is 0 Å². The first-order valence-electron chi connectivity index (χ1n) is 5.85. The van der Waals surface area contributed by atoms with Crippen LogP contribution in [0.5, 0.6) is 0 Å². The van der Waals surface area contributed by atoms with Gasteiger partial charge in [0.2, 0.25) is 0 Å². The van der Waals surface area contributed by atoms with E-state index in [1.54, 1.807) is 6.07 Å². The number of hydrogen-bond acceptors (Lipinski definition) is 2. The molecular formula is C14H17NO2. The second-order valence-electron chi connectivity index (χ2n) is 4.48. The molecular weight excluding hydrogens is 214 g/mol. The van der Waals surface area contributed by atoms with Gasteiger partial charge in [0.15, 0.2) is 0 Å². The van der Waals surface area contributed by atoms with Gasteiger partial charge in [-0.3, -0.25) is 0 Å².